The van der Waals surface area contributed by atoms with Crippen LogP contribution in [0.1, 0.15) is 5.56 Å². The Bertz CT molecular complexity index is 890. The third-order valence-corrected chi connectivity index (χ3v) is 4.23. The third kappa shape index (κ3) is 2.38. The molecule has 0 fully saturated rings. The highest BCUT2D eigenvalue weighted by Crippen LogP contribution is 2.16. The molecule has 3 rings (SSSR count). The fraction of sp³-hybridized carbons (Fsp3) is 0.0833. The smallest absolute Gasteiger partial charge is 0.408 e. The SMILES string of the molecule is O=c1[nH]c2ccc(S(=O)(=O)NCc3cc[nH]c3)cc2o1. The van der Waals surface area contributed by atoms with Gasteiger partial charge in [-0.3, -0.25) is 4.98 Å². The maximum atomic E-state index is 12.1. The van der Waals surface area contributed by atoms with E-state index in [1.54, 1.807) is 18.5 Å². The second-order valence-electron chi connectivity index (χ2n) is 4.22. The number of fused-ring (bicyclic) bond motifs is 1. The molecular formula is C12H11N3O4S. The summed E-state index contributed by atoms with van der Waals surface area (Å²) in [4.78, 5) is 16.4. The lowest BCUT2D eigenvalue weighted by Crippen LogP contribution is -2.22. The number of hydrogen-bond donors (Lipinski definition) is 3. The van der Waals surface area contributed by atoms with Crippen molar-refractivity contribution in [1.29, 1.82) is 0 Å². The van der Waals surface area contributed by atoms with E-state index in [9.17, 15) is 13.2 Å². The summed E-state index contributed by atoms with van der Waals surface area (Å²) in [7, 11) is -3.66. The lowest BCUT2D eigenvalue weighted by atomic mass is 10.3. The molecule has 3 aromatic rings. The van der Waals surface area contributed by atoms with Crippen molar-refractivity contribution < 1.29 is 12.8 Å². The Morgan fingerprint density at radius 2 is 2.10 bits per heavy atom. The van der Waals surface area contributed by atoms with Crippen LogP contribution in [0, 0.1) is 0 Å². The molecule has 2 aromatic heterocycles. The van der Waals surface area contributed by atoms with Gasteiger partial charge >= 0.3 is 5.76 Å². The number of H-pyrrole nitrogens is 2. The summed E-state index contributed by atoms with van der Waals surface area (Å²) in [6.07, 6.45) is 3.42. The van der Waals surface area contributed by atoms with Crippen molar-refractivity contribution in [3.05, 3.63) is 52.8 Å². The molecule has 0 saturated carbocycles. The van der Waals surface area contributed by atoms with Crippen LogP contribution in [-0.4, -0.2) is 18.4 Å². The molecule has 0 aliphatic heterocycles. The van der Waals surface area contributed by atoms with Crippen LogP contribution in [-0.2, 0) is 16.6 Å². The second kappa shape index (κ2) is 4.66. The Kier molecular flexibility index (Phi) is 2.96. The Labute approximate surface area is 113 Å². The lowest BCUT2D eigenvalue weighted by Gasteiger charge is -2.05. The van der Waals surface area contributed by atoms with Crippen LogP contribution in [0.2, 0.25) is 0 Å². The van der Waals surface area contributed by atoms with Crippen molar-refractivity contribution in [3.63, 3.8) is 0 Å². The predicted octanol–water partition coefficient (Wildman–Crippen LogP) is 0.928. The topological polar surface area (TPSA) is 108 Å². The minimum atomic E-state index is -3.66. The first-order valence-corrected chi connectivity index (χ1v) is 7.27. The van der Waals surface area contributed by atoms with Crippen LogP contribution >= 0.6 is 0 Å². The van der Waals surface area contributed by atoms with Crippen LogP contribution in [0.3, 0.4) is 0 Å². The number of benzene rings is 1. The largest absolute Gasteiger partial charge is 0.417 e. The summed E-state index contributed by atoms with van der Waals surface area (Å²) < 4.78 is 31.6. The van der Waals surface area contributed by atoms with Gasteiger partial charge in [0.1, 0.15) is 0 Å². The normalized spacial score (nSPS) is 12.0. The second-order valence-corrected chi connectivity index (χ2v) is 5.98. The fourth-order valence-corrected chi connectivity index (χ4v) is 2.86. The van der Waals surface area contributed by atoms with E-state index in [1.807, 2.05) is 0 Å². The number of rotatable bonds is 4. The number of aromatic nitrogens is 2. The van der Waals surface area contributed by atoms with Gasteiger partial charge in [0.05, 0.1) is 10.4 Å². The Morgan fingerprint density at radius 1 is 1.25 bits per heavy atom. The van der Waals surface area contributed by atoms with E-state index in [1.165, 1.54) is 18.2 Å². The minimum Gasteiger partial charge on any atom is -0.408 e. The van der Waals surface area contributed by atoms with Crippen LogP contribution in [0.15, 0.2) is 50.8 Å². The molecule has 0 atom stereocenters. The average Bonchev–Trinajstić information content (AvgIpc) is 3.03. The molecule has 20 heavy (non-hydrogen) atoms. The molecular weight excluding hydrogens is 282 g/mol. The number of sulfonamides is 1. The highest BCUT2D eigenvalue weighted by atomic mass is 32.2. The van der Waals surface area contributed by atoms with E-state index >= 15 is 0 Å². The van der Waals surface area contributed by atoms with Gasteiger partial charge in [-0.25, -0.2) is 17.9 Å². The maximum absolute atomic E-state index is 12.1. The third-order valence-electron chi connectivity index (χ3n) is 2.83. The maximum Gasteiger partial charge on any atom is 0.417 e. The first kappa shape index (κ1) is 12.7. The van der Waals surface area contributed by atoms with Crippen molar-refractivity contribution >= 4 is 21.1 Å². The van der Waals surface area contributed by atoms with Crippen molar-refractivity contribution in [1.82, 2.24) is 14.7 Å². The molecule has 0 bridgehead atoms. The molecule has 104 valence electrons. The van der Waals surface area contributed by atoms with Crippen LogP contribution in [0.5, 0.6) is 0 Å². The molecule has 7 nitrogen and oxygen atoms in total. The van der Waals surface area contributed by atoms with Gasteiger partial charge in [0.25, 0.3) is 0 Å². The molecule has 0 aliphatic rings. The molecule has 8 heteroatoms. The van der Waals surface area contributed by atoms with Crippen LogP contribution < -0.4 is 10.5 Å². The Balaban J connectivity index is 1.90. The van der Waals surface area contributed by atoms with Crippen molar-refractivity contribution in [2.75, 3.05) is 0 Å². The van der Waals surface area contributed by atoms with Crippen molar-refractivity contribution in [3.8, 4) is 0 Å². The molecule has 0 amide bonds. The van der Waals surface area contributed by atoms with E-state index < -0.39 is 15.8 Å². The Hall–Kier alpha value is -2.32. The molecule has 1 aromatic carbocycles. The zero-order valence-electron chi connectivity index (χ0n) is 10.2. The highest BCUT2D eigenvalue weighted by molar-refractivity contribution is 7.89. The first-order chi connectivity index (χ1) is 9.54. The van der Waals surface area contributed by atoms with Gasteiger partial charge in [-0.1, -0.05) is 0 Å². The zero-order valence-corrected chi connectivity index (χ0v) is 11.0. The van der Waals surface area contributed by atoms with Gasteiger partial charge < -0.3 is 9.40 Å². The minimum absolute atomic E-state index is 0.0447. The van der Waals surface area contributed by atoms with E-state index in [2.05, 4.69) is 14.7 Å². The van der Waals surface area contributed by atoms with E-state index in [0.29, 0.717) is 5.52 Å². The number of oxazole rings is 1. The lowest BCUT2D eigenvalue weighted by molar-refractivity contribution is 0.553. The average molecular weight is 293 g/mol. The highest BCUT2D eigenvalue weighted by Gasteiger charge is 2.15. The van der Waals surface area contributed by atoms with Gasteiger partial charge in [0.2, 0.25) is 10.0 Å². The summed E-state index contributed by atoms with van der Waals surface area (Å²) in [5.74, 6) is -0.616. The number of nitrogens with one attached hydrogen (secondary N) is 3. The summed E-state index contributed by atoms with van der Waals surface area (Å²) in [5.41, 5.74) is 1.49. The molecule has 0 aliphatic carbocycles. The van der Waals surface area contributed by atoms with E-state index in [-0.39, 0.29) is 17.0 Å². The fourth-order valence-electron chi connectivity index (χ4n) is 1.82. The van der Waals surface area contributed by atoms with Crippen LogP contribution in [0.25, 0.3) is 11.1 Å². The van der Waals surface area contributed by atoms with E-state index in [0.717, 1.165) is 5.56 Å². The van der Waals surface area contributed by atoms with Crippen LogP contribution in [0.4, 0.5) is 0 Å². The van der Waals surface area contributed by atoms with Crippen molar-refractivity contribution in [2.45, 2.75) is 11.4 Å². The predicted molar refractivity (Wildman–Crippen MR) is 71.7 cm³/mol. The number of aromatic amines is 2. The molecule has 3 N–H and O–H groups in total. The molecule has 2 heterocycles. The molecule has 0 saturated heterocycles. The zero-order chi connectivity index (χ0) is 14.2. The molecule has 0 radical (unpaired) electrons. The first-order valence-electron chi connectivity index (χ1n) is 5.79. The molecule has 0 unspecified atom stereocenters. The van der Waals surface area contributed by atoms with Gasteiger partial charge in [-0.05, 0) is 23.8 Å². The summed E-state index contributed by atoms with van der Waals surface area (Å²) >= 11 is 0. The van der Waals surface area contributed by atoms with E-state index in [4.69, 9.17) is 4.42 Å². The number of hydrogen-bond acceptors (Lipinski definition) is 4. The monoisotopic (exact) mass is 293 g/mol. The van der Waals surface area contributed by atoms with Crippen molar-refractivity contribution in [2.24, 2.45) is 0 Å². The van der Waals surface area contributed by atoms with Gasteiger partial charge in [0.15, 0.2) is 5.58 Å². The van der Waals surface area contributed by atoms with Gasteiger partial charge in [0, 0.05) is 25.0 Å². The Morgan fingerprint density at radius 3 is 2.85 bits per heavy atom. The van der Waals surface area contributed by atoms with Gasteiger partial charge in [-0.15, -0.1) is 0 Å². The summed E-state index contributed by atoms with van der Waals surface area (Å²) in [6, 6.07) is 5.99. The quantitative estimate of drug-likeness (QED) is 0.665. The summed E-state index contributed by atoms with van der Waals surface area (Å²) in [5, 5.41) is 0. The molecule has 0 spiro atoms. The standard InChI is InChI=1S/C12H11N3O4S/c16-12-15-10-2-1-9(5-11(10)19-12)20(17,18)14-7-8-3-4-13-6-8/h1-6,13-14H,7H2,(H,15,16). The summed E-state index contributed by atoms with van der Waals surface area (Å²) in [6.45, 7) is 0.182. The van der Waals surface area contributed by atoms with Gasteiger partial charge in [-0.2, -0.15) is 0 Å².